The SMILES string of the molecule is COCCn1cnc2c(N3CC4CN(C(=O)c5ncccc5F)CC4C3)ncnc21. The molecular weight excluding hydrogens is 389 g/mol. The van der Waals surface area contributed by atoms with E-state index < -0.39 is 5.82 Å². The Bertz CT molecular complexity index is 1070. The highest BCUT2D eigenvalue weighted by Gasteiger charge is 2.43. The van der Waals surface area contributed by atoms with Gasteiger partial charge in [-0.3, -0.25) is 4.79 Å². The fraction of sp³-hybridized carbons (Fsp3) is 0.450. The number of carbonyl (C=O) groups is 1. The Hall–Kier alpha value is -3.14. The first-order valence-corrected chi connectivity index (χ1v) is 9.95. The Labute approximate surface area is 172 Å². The number of aromatic nitrogens is 5. The van der Waals surface area contributed by atoms with Crippen molar-refractivity contribution in [1.29, 1.82) is 0 Å². The molecule has 5 rings (SSSR count). The van der Waals surface area contributed by atoms with Crippen LogP contribution in [0.3, 0.4) is 0 Å². The Morgan fingerprint density at radius 1 is 1.17 bits per heavy atom. The minimum atomic E-state index is -0.575. The first-order chi connectivity index (χ1) is 14.7. The van der Waals surface area contributed by atoms with Crippen molar-refractivity contribution < 1.29 is 13.9 Å². The maximum atomic E-state index is 13.9. The molecule has 2 saturated heterocycles. The average Bonchev–Trinajstić information content (AvgIpc) is 3.45. The van der Waals surface area contributed by atoms with Gasteiger partial charge in [0.1, 0.15) is 6.33 Å². The van der Waals surface area contributed by atoms with Crippen LogP contribution in [0, 0.1) is 17.7 Å². The summed E-state index contributed by atoms with van der Waals surface area (Å²) in [5.74, 6) is 0.519. The van der Waals surface area contributed by atoms with Crippen LogP contribution in [0.5, 0.6) is 0 Å². The summed E-state index contributed by atoms with van der Waals surface area (Å²) < 4.78 is 21.1. The third kappa shape index (κ3) is 3.17. The second-order valence-electron chi connectivity index (χ2n) is 7.77. The average molecular weight is 411 g/mol. The maximum Gasteiger partial charge on any atom is 0.275 e. The molecule has 2 atom stereocenters. The summed E-state index contributed by atoms with van der Waals surface area (Å²) in [5, 5.41) is 0. The van der Waals surface area contributed by atoms with E-state index in [9.17, 15) is 9.18 Å². The van der Waals surface area contributed by atoms with Crippen molar-refractivity contribution in [3.8, 4) is 0 Å². The van der Waals surface area contributed by atoms with E-state index in [0.29, 0.717) is 38.1 Å². The second kappa shape index (κ2) is 7.60. The standard InChI is InChI=1S/C20H22FN7O2/c1-30-6-5-26-12-25-17-18(26)23-11-24-19(17)27-7-13-9-28(10-14(13)8-27)20(29)16-15(21)3-2-4-22-16/h2-4,11-14H,5-10H2,1H3. The maximum absolute atomic E-state index is 13.9. The molecule has 3 aromatic rings. The van der Waals surface area contributed by atoms with Gasteiger partial charge >= 0.3 is 0 Å². The molecule has 2 unspecified atom stereocenters. The van der Waals surface area contributed by atoms with E-state index in [-0.39, 0.29) is 11.6 Å². The van der Waals surface area contributed by atoms with Crippen molar-refractivity contribution in [2.24, 2.45) is 11.8 Å². The third-order valence-corrected chi connectivity index (χ3v) is 5.95. The monoisotopic (exact) mass is 411 g/mol. The molecule has 3 aromatic heterocycles. The van der Waals surface area contributed by atoms with E-state index in [2.05, 4.69) is 24.8 Å². The van der Waals surface area contributed by atoms with E-state index in [1.165, 1.54) is 18.3 Å². The van der Waals surface area contributed by atoms with Gasteiger partial charge in [0, 0.05) is 57.9 Å². The number of pyridine rings is 1. The molecule has 0 spiro atoms. The van der Waals surface area contributed by atoms with E-state index in [0.717, 1.165) is 30.1 Å². The zero-order valence-corrected chi connectivity index (χ0v) is 16.6. The zero-order chi connectivity index (χ0) is 20.7. The van der Waals surface area contributed by atoms with Crippen LogP contribution in [0.25, 0.3) is 11.2 Å². The molecule has 2 aliphatic rings. The van der Waals surface area contributed by atoms with Crippen molar-refractivity contribution in [1.82, 2.24) is 29.4 Å². The van der Waals surface area contributed by atoms with Crippen LogP contribution >= 0.6 is 0 Å². The lowest BCUT2D eigenvalue weighted by molar-refractivity contribution is 0.0771. The van der Waals surface area contributed by atoms with Crippen molar-refractivity contribution >= 4 is 22.9 Å². The van der Waals surface area contributed by atoms with Crippen LogP contribution < -0.4 is 4.90 Å². The van der Waals surface area contributed by atoms with Gasteiger partial charge in [0.25, 0.3) is 5.91 Å². The van der Waals surface area contributed by atoms with E-state index in [4.69, 9.17) is 4.74 Å². The molecule has 156 valence electrons. The van der Waals surface area contributed by atoms with Gasteiger partial charge in [0.05, 0.1) is 12.9 Å². The van der Waals surface area contributed by atoms with Crippen LogP contribution in [0.4, 0.5) is 10.2 Å². The molecule has 1 amide bonds. The van der Waals surface area contributed by atoms with Gasteiger partial charge < -0.3 is 19.1 Å². The summed E-state index contributed by atoms with van der Waals surface area (Å²) in [6.07, 6.45) is 4.78. The topological polar surface area (TPSA) is 89.3 Å². The van der Waals surface area contributed by atoms with Crippen molar-refractivity contribution in [3.63, 3.8) is 0 Å². The minimum absolute atomic E-state index is 0.103. The first kappa shape index (κ1) is 18.9. The second-order valence-corrected chi connectivity index (χ2v) is 7.77. The Morgan fingerprint density at radius 2 is 1.97 bits per heavy atom. The van der Waals surface area contributed by atoms with Crippen LogP contribution in [0.15, 0.2) is 31.0 Å². The van der Waals surface area contributed by atoms with Gasteiger partial charge in [0.15, 0.2) is 28.5 Å². The van der Waals surface area contributed by atoms with Gasteiger partial charge in [-0.05, 0) is 12.1 Å². The number of methoxy groups -OCH3 is 1. The predicted molar refractivity (Wildman–Crippen MR) is 106 cm³/mol. The van der Waals surface area contributed by atoms with Crippen molar-refractivity contribution in [2.75, 3.05) is 44.8 Å². The lowest BCUT2D eigenvalue weighted by atomic mass is 10.0. The van der Waals surface area contributed by atoms with Crippen molar-refractivity contribution in [2.45, 2.75) is 6.54 Å². The van der Waals surface area contributed by atoms with Gasteiger partial charge in [0.2, 0.25) is 0 Å². The van der Waals surface area contributed by atoms with Crippen LogP contribution in [-0.2, 0) is 11.3 Å². The molecule has 0 radical (unpaired) electrons. The number of carbonyl (C=O) groups excluding carboxylic acids is 1. The lowest BCUT2D eigenvalue weighted by Gasteiger charge is -2.22. The zero-order valence-electron chi connectivity index (χ0n) is 16.6. The van der Waals surface area contributed by atoms with E-state index in [1.54, 1.807) is 24.7 Å². The number of hydrogen-bond acceptors (Lipinski definition) is 7. The molecule has 2 aliphatic heterocycles. The number of rotatable bonds is 5. The molecule has 2 fully saturated rings. The van der Waals surface area contributed by atoms with Crippen molar-refractivity contribution in [3.05, 3.63) is 42.5 Å². The summed E-state index contributed by atoms with van der Waals surface area (Å²) in [6, 6.07) is 2.76. The predicted octanol–water partition coefficient (Wildman–Crippen LogP) is 1.22. The number of hydrogen-bond donors (Lipinski definition) is 0. The Morgan fingerprint density at radius 3 is 2.70 bits per heavy atom. The van der Waals surface area contributed by atoms with Gasteiger partial charge in [-0.2, -0.15) is 0 Å². The number of imidazole rings is 1. The van der Waals surface area contributed by atoms with Crippen LogP contribution in [0.1, 0.15) is 10.5 Å². The molecule has 9 nitrogen and oxygen atoms in total. The number of amides is 1. The minimum Gasteiger partial charge on any atom is -0.383 e. The highest BCUT2D eigenvalue weighted by Crippen LogP contribution is 2.35. The van der Waals surface area contributed by atoms with Gasteiger partial charge in [-0.25, -0.2) is 24.3 Å². The molecule has 10 heteroatoms. The number of halogens is 1. The summed E-state index contributed by atoms with van der Waals surface area (Å²) in [4.78, 5) is 33.9. The smallest absolute Gasteiger partial charge is 0.275 e. The summed E-state index contributed by atoms with van der Waals surface area (Å²) >= 11 is 0. The third-order valence-electron chi connectivity index (χ3n) is 5.95. The number of ether oxygens (including phenoxy) is 1. The highest BCUT2D eigenvalue weighted by molar-refractivity contribution is 5.92. The van der Waals surface area contributed by atoms with Gasteiger partial charge in [-0.1, -0.05) is 0 Å². The molecule has 0 saturated carbocycles. The first-order valence-electron chi connectivity index (χ1n) is 9.95. The number of fused-ring (bicyclic) bond motifs is 2. The Kier molecular flexibility index (Phi) is 4.78. The molecule has 0 bridgehead atoms. The molecule has 5 heterocycles. The van der Waals surface area contributed by atoms with E-state index >= 15 is 0 Å². The lowest BCUT2D eigenvalue weighted by Crippen LogP contribution is -2.34. The van der Waals surface area contributed by atoms with Gasteiger partial charge in [-0.15, -0.1) is 0 Å². The molecule has 0 aromatic carbocycles. The molecular formula is C20H22FN7O2. The van der Waals surface area contributed by atoms with E-state index in [1.807, 2.05) is 4.57 Å². The number of likely N-dealkylation sites (tertiary alicyclic amines) is 1. The normalized spacial score (nSPS) is 20.9. The molecule has 30 heavy (non-hydrogen) atoms. The van der Waals surface area contributed by atoms with Crippen LogP contribution in [0.2, 0.25) is 0 Å². The summed E-state index contributed by atoms with van der Waals surface area (Å²) in [7, 11) is 1.67. The fourth-order valence-corrected chi connectivity index (χ4v) is 4.48. The Balaban J connectivity index is 1.31. The quantitative estimate of drug-likeness (QED) is 0.624. The van der Waals surface area contributed by atoms with Crippen LogP contribution in [-0.4, -0.2) is 75.2 Å². The largest absolute Gasteiger partial charge is 0.383 e. The summed E-state index contributed by atoms with van der Waals surface area (Å²) in [5.41, 5.74) is 1.46. The molecule has 0 N–H and O–H groups in total. The molecule has 0 aliphatic carbocycles. The summed E-state index contributed by atoms with van der Waals surface area (Å²) in [6.45, 7) is 3.99. The number of nitrogens with zero attached hydrogens (tertiary/aromatic N) is 7. The number of anilines is 1. The highest BCUT2D eigenvalue weighted by atomic mass is 19.1. The fourth-order valence-electron chi connectivity index (χ4n) is 4.48.